The largest absolute Gasteiger partial charge is 0.395 e. The van der Waals surface area contributed by atoms with E-state index in [9.17, 15) is 0 Å². The first-order chi connectivity index (χ1) is 4.96. The van der Waals surface area contributed by atoms with Gasteiger partial charge in [-0.1, -0.05) is 30.9 Å². The first kappa shape index (κ1) is 8.97. The quantitative estimate of drug-likeness (QED) is 0.617. The van der Waals surface area contributed by atoms with E-state index in [1.165, 1.54) is 5.20 Å². The molecule has 0 heterocycles. The second kappa shape index (κ2) is 2.44. The zero-order valence-corrected chi connectivity index (χ0v) is 8.39. The van der Waals surface area contributed by atoms with Crippen molar-refractivity contribution in [2.45, 2.75) is 19.6 Å². The average Bonchev–Trinajstić information content (AvgIpc) is 2.61. The molecule has 64 valence electrons. The lowest BCUT2D eigenvalue weighted by Gasteiger charge is -2.20. The van der Waals surface area contributed by atoms with Crippen LogP contribution >= 0.6 is 0 Å². The predicted octanol–water partition coefficient (Wildman–Crippen LogP) is 0.775. The highest BCUT2D eigenvalue weighted by molar-refractivity contribution is 6.84. The lowest BCUT2D eigenvalue weighted by molar-refractivity contribution is 0.149. The molecule has 0 aromatic heterocycles. The monoisotopic (exact) mass is 172 g/mol. The highest BCUT2D eigenvalue weighted by Crippen LogP contribution is 2.48. The van der Waals surface area contributed by atoms with E-state index in [1.54, 1.807) is 0 Å². The fraction of sp³-hybridized carbons (Fsp3) is 0.750. The van der Waals surface area contributed by atoms with Gasteiger partial charge in [-0.25, -0.2) is 0 Å². The molecule has 0 spiro atoms. The van der Waals surface area contributed by atoms with Crippen molar-refractivity contribution in [2.75, 3.05) is 13.2 Å². The van der Waals surface area contributed by atoms with Gasteiger partial charge in [-0.15, -0.1) is 0 Å². The minimum absolute atomic E-state index is 0.0725. The zero-order valence-electron chi connectivity index (χ0n) is 7.39. The standard InChI is InChI=1S/C8H16O2Si/c1-11(2,3)7-4-8(7,5-9)6-10/h4,9-10H,5-6H2,1-3H3. The third kappa shape index (κ3) is 1.41. The number of aliphatic hydroxyl groups is 2. The molecule has 1 aliphatic carbocycles. The second-order valence-corrected chi connectivity index (χ2v) is 9.32. The Labute approximate surface area is 68.6 Å². The van der Waals surface area contributed by atoms with Gasteiger partial charge in [-0.3, -0.25) is 0 Å². The Morgan fingerprint density at radius 3 is 1.82 bits per heavy atom. The Balaban J connectivity index is 2.63. The van der Waals surface area contributed by atoms with Crippen LogP contribution in [0, 0.1) is 5.41 Å². The predicted molar refractivity (Wildman–Crippen MR) is 48.0 cm³/mol. The minimum Gasteiger partial charge on any atom is -0.395 e. The van der Waals surface area contributed by atoms with Gasteiger partial charge >= 0.3 is 0 Å². The van der Waals surface area contributed by atoms with E-state index in [-0.39, 0.29) is 18.6 Å². The van der Waals surface area contributed by atoms with E-state index >= 15 is 0 Å². The van der Waals surface area contributed by atoms with Gasteiger partial charge in [0.25, 0.3) is 0 Å². The van der Waals surface area contributed by atoms with E-state index in [0.29, 0.717) is 0 Å². The molecule has 1 rings (SSSR count). The number of rotatable bonds is 3. The summed E-state index contributed by atoms with van der Waals surface area (Å²) in [4.78, 5) is 0. The highest BCUT2D eigenvalue weighted by Gasteiger charge is 2.48. The molecule has 3 heteroatoms. The molecular weight excluding hydrogens is 156 g/mol. The van der Waals surface area contributed by atoms with Gasteiger partial charge in [0.2, 0.25) is 0 Å². The van der Waals surface area contributed by atoms with Crippen molar-refractivity contribution in [1.82, 2.24) is 0 Å². The number of aliphatic hydroxyl groups excluding tert-OH is 2. The molecule has 0 amide bonds. The molecule has 2 nitrogen and oxygen atoms in total. The van der Waals surface area contributed by atoms with Gasteiger partial charge < -0.3 is 10.2 Å². The first-order valence-electron chi connectivity index (χ1n) is 3.92. The molecule has 0 saturated heterocycles. The second-order valence-electron chi connectivity index (χ2n) is 4.28. The number of hydrogen-bond donors (Lipinski definition) is 2. The summed E-state index contributed by atoms with van der Waals surface area (Å²) in [5.74, 6) is 0. The maximum atomic E-state index is 9.00. The molecule has 0 fully saturated rings. The van der Waals surface area contributed by atoms with Crippen molar-refractivity contribution < 1.29 is 10.2 Å². The van der Waals surface area contributed by atoms with Crippen molar-refractivity contribution in [3.05, 3.63) is 11.3 Å². The van der Waals surface area contributed by atoms with Crippen LogP contribution in [-0.4, -0.2) is 31.5 Å². The van der Waals surface area contributed by atoms with E-state index < -0.39 is 8.07 Å². The van der Waals surface area contributed by atoms with E-state index in [1.807, 2.05) is 6.08 Å². The van der Waals surface area contributed by atoms with Gasteiger partial charge in [-0.05, 0) is 0 Å². The summed E-state index contributed by atoms with van der Waals surface area (Å²) in [6.45, 7) is 6.83. The van der Waals surface area contributed by atoms with Crippen molar-refractivity contribution >= 4 is 8.07 Å². The molecule has 1 aliphatic rings. The molecule has 0 aromatic carbocycles. The minimum atomic E-state index is -1.26. The van der Waals surface area contributed by atoms with Gasteiger partial charge in [0.05, 0.1) is 26.7 Å². The first-order valence-corrected chi connectivity index (χ1v) is 7.42. The normalized spacial score (nSPS) is 21.4. The number of hydrogen-bond acceptors (Lipinski definition) is 2. The fourth-order valence-electron chi connectivity index (χ4n) is 1.52. The molecule has 0 unspecified atom stereocenters. The van der Waals surface area contributed by atoms with Crippen molar-refractivity contribution in [2.24, 2.45) is 5.41 Å². The van der Waals surface area contributed by atoms with Crippen LogP contribution in [0.2, 0.25) is 19.6 Å². The maximum Gasteiger partial charge on any atom is 0.0734 e. The Bertz CT molecular complexity index is 187. The summed E-state index contributed by atoms with van der Waals surface area (Å²) in [7, 11) is -1.26. The molecule has 0 bridgehead atoms. The van der Waals surface area contributed by atoms with E-state index in [4.69, 9.17) is 10.2 Å². The van der Waals surface area contributed by atoms with E-state index in [2.05, 4.69) is 19.6 Å². The SMILES string of the molecule is C[Si](C)(C)C1=CC1(CO)CO. The van der Waals surface area contributed by atoms with Crippen LogP contribution < -0.4 is 0 Å². The Hall–Kier alpha value is -0.123. The Morgan fingerprint density at radius 1 is 1.27 bits per heavy atom. The topological polar surface area (TPSA) is 40.5 Å². The van der Waals surface area contributed by atoms with Crippen molar-refractivity contribution in [1.29, 1.82) is 0 Å². The molecule has 0 atom stereocenters. The Kier molecular flexibility index (Phi) is 1.99. The summed E-state index contributed by atoms with van der Waals surface area (Å²) in [6, 6.07) is 0. The fourth-order valence-corrected chi connectivity index (χ4v) is 3.88. The van der Waals surface area contributed by atoms with Crippen LogP contribution in [0.5, 0.6) is 0 Å². The van der Waals surface area contributed by atoms with Crippen LogP contribution in [-0.2, 0) is 0 Å². The summed E-state index contributed by atoms with van der Waals surface area (Å²) < 4.78 is 0. The van der Waals surface area contributed by atoms with Crippen LogP contribution in [0.15, 0.2) is 11.3 Å². The molecular formula is C8H16O2Si. The van der Waals surface area contributed by atoms with Gasteiger partial charge in [0.1, 0.15) is 0 Å². The summed E-state index contributed by atoms with van der Waals surface area (Å²) in [5, 5.41) is 19.3. The van der Waals surface area contributed by atoms with E-state index in [0.717, 1.165) is 0 Å². The van der Waals surface area contributed by atoms with Gasteiger partial charge in [0.15, 0.2) is 0 Å². The summed E-state index contributed by atoms with van der Waals surface area (Å²) in [5.41, 5.74) is -0.301. The Morgan fingerprint density at radius 2 is 1.73 bits per heavy atom. The molecule has 0 radical (unpaired) electrons. The third-order valence-electron chi connectivity index (χ3n) is 2.25. The van der Waals surface area contributed by atoms with Crippen LogP contribution in [0.4, 0.5) is 0 Å². The third-order valence-corrected chi connectivity index (χ3v) is 4.50. The maximum absolute atomic E-state index is 9.00. The average molecular weight is 172 g/mol. The van der Waals surface area contributed by atoms with Crippen LogP contribution in [0.3, 0.4) is 0 Å². The van der Waals surface area contributed by atoms with Crippen molar-refractivity contribution in [3.8, 4) is 0 Å². The lowest BCUT2D eigenvalue weighted by Crippen LogP contribution is -2.29. The molecule has 0 aliphatic heterocycles. The smallest absolute Gasteiger partial charge is 0.0734 e. The zero-order chi connectivity index (χ0) is 8.70. The van der Waals surface area contributed by atoms with Crippen molar-refractivity contribution in [3.63, 3.8) is 0 Å². The molecule has 0 aromatic rings. The molecule has 0 saturated carbocycles. The highest BCUT2D eigenvalue weighted by atomic mass is 28.3. The van der Waals surface area contributed by atoms with Gasteiger partial charge in [0, 0.05) is 0 Å². The van der Waals surface area contributed by atoms with Crippen LogP contribution in [0.25, 0.3) is 0 Å². The lowest BCUT2D eigenvalue weighted by atomic mass is 10.1. The van der Waals surface area contributed by atoms with Crippen LogP contribution in [0.1, 0.15) is 0 Å². The summed E-state index contributed by atoms with van der Waals surface area (Å²) in [6.07, 6.45) is 2.03. The van der Waals surface area contributed by atoms with Gasteiger partial charge in [-0.2, -0.15) is 0 Å². The molecule has 11 heavy (non-hydrogen) atoms. The summed E-state index contributed by atoms with van der Waals surface area (Å²) >= 11 is 0. The molecule has 2 N–H and O–H groups in total.